The molecule has 0 unspecified atom stereocenters. The Kier molecular flexibility index (Phi) is 4.44. The maximum atomic E-state index is 10.6. The second kappa shape index (κ2) is 6.07. The van der Waals surface area contributed by atoms with Crippen LogP contribution in [0.25, 0.3) is 0 Å². The van der Waals surface area contributed by atoms with Crippen LogP contribution in [0.2, 0.25) is 5.02 Å². The van der Waals surface area contributed by atoms with Crippen molar-refractivity contribution in [3.63, 3.8) is 0 Å². The lowest BCUT2D eigenvalue weighted by Gasteiger charge is -2.36. The summed E-state index contributed by atoms with van der Waals surface area (Å²) in [5, 5.41) is 9.43. The number of carboxylic acids is 1. The van der Waals surface area contributed by atoms with E-state index in [2.05, 4.69) is 4.90 Å². The van der Waals surface area contributed by atoms with Crippen molar-refractivity contribution in [2.45, 2.75) is 6.42 Å². The topological polar surface area (TPSA) is 49.8 Å². The van der Waals surface area contributed by atoms with Crippen LogP contribution in [0.3, 0.4) is 0 Å². The number of hydrogen-bond acceptors (Lipinski definition) is 3. The maximum absolute atomic E-state index is 10.6. The summed E-state index contributed by atoms with van der Waals surface area (Å²) in [7, 11) is 0. The fourth-order valence-corrected chi connectivity index (χ4v) is 2.04. The Morgan fingerprint density at radius 2 is 2.06 bits per heavy atom. The summed E-state index contributed by atoms with van der Waals surface area (Å²) < 4.78 is 5.55. The number of rotatable bonds is 6. The second-order valence-electron chi connectivity index (χ2n) is 4.45. The number of likely N-dealkylation sites (tertiary alicyclic amines) is 1. The molecule has 2 rings (SSSR count). The van der Waals surface area contributed by atoms with Crippen molar-refractivity contribution in [2.24, 2.45) is 5.92 Å². The van der Waals surface area contributed by atoms with E-state index in [1.54, 1.807) is 12.1 Å². The fraction of sp³-hybridized carbons (Fsp3) is 0.462. The number of carbonyl (C=O) groups is 1. The minimum Gasteiger partial charge on any atom is -0.494 e. The van der Waals surface area contributed by atoms with Gasteiger partial charge in [-0.3, -0.25) is 4.79 Å². The molecule has 0 aromatic heterocycles. The average Bonchev–Trinajstić information content (AvgIpc) is 2.28. The molecule has 0 bridgehead atoms. The van der Waals surface area contributed by atoms with Crippen LogP contribution in [0.5, 0.6) is 5.75 Å². The molecule has 0 radical (unpaired) electrons. The molecule has 0 atom stereocenters. The number of benzene rings is 1. The van der Waals surface area contributed by atoms with E-state index in [0.717, 1.165) is 18.7 Å². The molecule has 1 heterocycles. The first-order valence-electron chi connectivity index (χ1n) is 5.98. The monoisotopic (exact) mass is 269 g/mol. The summed E-state index contributed by atoms with van der Waals surface area (Å²) in [4.78, 5) is 12.7. The zero-order valence-corrected chi connectivity index (χ0v) is 10.8. The molecular formula is C13H16ClNO3. The smallest absolute Gasteiger partial charge is 0.309 e. The van der Waals surface area contributed by atoms with Gasteiger partial charge in [0.25, 0.3) is 0 Å². The molecule has 1 fully saturated rings. The predicted octanol–water partition coefficient (Wildman–Crippen LogP) is 2.13. The molecular weight excluding hydrogens is 254 g/mol. The van der Waals surface area contributed by atoms with Gasteiger partial charge in [0.05, 0.1) is 12.5 Å². The number of aliphatic carboxylic acids is 1. The minimum atomic E-state index is -0.691. The third-order valence-electron chi connectivity index (χ3n) is 3.01. The van der Waals surface area contributed by atoms with Gasteiger partial charge < -0.3 is 14.7 Å². The molecule has 1 saturated heterocycles. The van der Waals surface area contributed by atoms with Gasteiger partial charge in [0.2, 0.25) is 0 Å². The third kappa shape index (κ3) is 3.62. The highest BCUT2D eigenvalue weighted by Crippen LogP contribution is 2.17. The number of hydrogen-bond donors (Lipinski definition) is 1. The highest BCUT2D eigenvalue weighted by Gasteiger charge is 2.31. The second-order valence-corrected chi connectivity index (χ2v) is 4.89. The van der Waals surface area contributed by atoms with Gasteiger partial charge in [-0.1, -0.05) is 11.6 Å². The Morgan fingerprint density at radius 1 is 1.39 bits per heavy atom. The Bertz CT molecular complexity index is 401. The summed E-state index contributed by atoms with van der Waals surface area (Å²) in [5.41, 5.74) is 0. The molecule has 1 aliphatic heterocycles. The van der Waals surface area contributed by atoms with Crippen molar-refractivity contribution in [3.8, 4) is 5.75 Å². The molecule has 1 aliphatic rings. The van der Waals surface area contributed by atoms with E-state index < -0.39 is 5.97 Å². The lowest BCUT2D eigenvalue weighted by atomic mass is 10.0. The first-order valence-corrected chi connectivity index (χ1v) is 6.36. The number of nitrogens with zero attached hydrogens (tertiary/aromatic N) is 1. The Morgan fingerprint density at radius 3 is 2.67 bits per heavy atom. The summed E-state index contributed by atoms with van der Waals surface area (Å²) in [5.74, 6) is -0.0581. The van der Waals surface area contributed by atoms with Crippen LogP contribution in [0.15, 0.2) is 24.3 Å². The van der Waals surface area contributed by atoms with Crippen molar-refractivity contribution >= 4 is 17.6 Å². The minimum absolute atomic E-state index is 0.179. The molecule has 4 nitrogen and oxygen atoms in total. The predicted molar refractivity (Wildman–Crippen MR) is 69.1 cm³/mol. The SMILES string of the molecule is O=C(O)C1CN(CCCOc2ccc(Cl)cc2)C1. The van der Waals surface area contributed by atoms with Gasteiger partial charge >= 0.3 is 5.97 Å². The van der Waals surface area contributed by atoms with E-state index in [-0.39, 0.29) is 5.92 Å². The zero-order chi connectivity index (χ0) is 13.0. The lowest BCUT2D eigenvalue weighted by Crippen LogP contribution is -2.50. The fourth-order valence-electron chi connectivity index (χ4n) is 1.92. The zero-order valence-electron chi connectivity index (χ0n) is 10.0. The quantitative estimate of drug-likeness (QED) is 0.804. The summed E-state index contributed by atoms with van der Waals surface area (Å²) in [6.45, 7) is 2.85. The van der Waals surface area contributed by atoms with Gasteiger partial charge in [0.1, 0.15) is 5.75 Å². The van der Waals surface area contributed by atoms with E-state index in [4.69, 9.17) is 21.4 Å². The van der Waals surface area contributed by atoms with Crippen molar-refractivity contribution in [3.05, 3.63) is 29.3 Å². The van der Waals surface area contributed by atoms with Crippen molar-refractivity contribution in [1.29, 1.82) is 0 Å². The van der Waals surface area contributed by atoms with E-state index in [0.29, 0.717) is 24.7 Å². The highest BCUT2D eigenvalue weighted by molar-refractivity contribution is 6.30. The normalized spacial score (nSPS) is 16.3. The van der Waals surface area contributed by atoms with E-state index >= 15 is 0 Å². The number of halogens is 1. The van der Waals surface area contributed by atoms with Gasteiger partial charge in [-0.05, 0) is 30.7 Å². The Labute approximate surface area is 111 Å². The van der Waals surface area contributed by atoms with Crippen LogP contribution in [0.1, 0.15) is 6.42 Å². The third-order valence-corrected chi connectivity index (χ3v) is 3.26. The maximum Gasteiger partial charge on any atom is 0.309 e. The first kappa shape index (κ1) is 13.2. The first-order chi connectivity index (χ1) is 8.65. The molecule has 98 valence electrons. The van der Waals surface area contributed by atoms with Crippen LogP contribution < -0.4 is 4.74 Å². The highest BCUT2D eigenvalue weighted by atomic mass is 35.5. The molecule has 0 amide bonds. The van der Waals surface area contributed by atoms with Crippen molar-refractivity contribution in [2.75, 3.05) is 26.2 Å². The number of ether oxygens (including phenoxy) is 1. The van der Waals surface area contributed by atoms with E-state index in [1.165, 1.54) is 0 Å². The van der Waals surface area contributed by atoms with Gasteiger partial charge in [0.15, 0.2) is 0 Å². The lowest BCUT2D eigenvalue weighted by molar-refractivity contribution is -0.147. The van der Waals surface area contributed by atoms with Crippen LogP contribution >= 0.6 is 11.6 Å². The molecule has 0 aliphatic carbocycles. The van der Waals surface area contributed by atoms with Crippen molar-refractivity contribution in [1.82, 2.24) is 4.90 Å². The molecule has 0 saturated carbocycles. The Hall–Kier alpha value is -1.26. The Balaban J connectivity index is 1.57. The van der Waals surface area contributed by atoms with Crippen LogP contribution in [-0.2, 0) is 4.79 Å². The molecule has 5 heteroatoms. The number of carboxylic acid groups (broad SMARTS) is 1. The van der Waals surface area contributed by atoms with Crippen LogP contribution in [0.4, 0.5) is 0 Å². The molecule has 1 aromatic carbocycles. The van der Waals surface area contributed by atoms with Gasteiger partial charge in [-0.15, -0.1) is 0 Å². The van der Waals surface area contributed by atoms with Gasteiger partial charge in [-0.2, -0.15) is 0 Å². The molecule has 0 spiro atoms. The summed E-state index contributed by atoms with van der Waals surface area (Å²) >= 11 is 5.77. The summed E-state index contributed by atoms with van der Waals surface area (Å²) in [6, 6.07) is 7.27. The molecule has 18 heavy (non-hydrogen) atoms. The average molecular weight is 270 g/mol. The van der Waals surface area contributed by atoms with Crippen molar-refractivity contribution < 1.29 is 14.6 Å². The van der Waals surface area contributed by atoms with Crippen LogP contribution in [0, 0.1) is 5.92 Å². The van der Waals surface area contributed by atoms with Gasteiger partial charge in [0, 0.05) is 24.7 Å². The van der Waals surface area contributed by atoms with Crippen LogP contribution in [-0.4, -0.2) is 42.2 Å². The molecule has 1 aromatic rings. The van der Waals surface area contributed by atoms with Gasteiger partial charge in [-0.25, -0.2) is 0 Å². The summed E-state index contributed by atoms with van der Waals surface area (Å²) in [6.07, 6.45) is 0.898. The molecule has 1 N–H and O–H groups in total. The largest absolute Gasteiger partial charge is 0.494 e. The van der Waals surface area contributed by atoms with E-state index in [9.17, 15) is 4.79 Å². The standard InChI is InChI=1S/C13H16ClNO3/c14-11-2-4-12(5-3-11)18-7-1-6-15-8-10(9-15)13(16)17/h2-5,10H,1,6-9H2,(H,16,17). The van der Waals surface area contributed by atoms with E-state index in [1.807, 2.05) is 12.1 Å².